The fourth-order valence-corrected chi connectivity index (χ4v) is 13.4. The minimum atomic E-state index is 0.00819. The number of nitrogens with zero attached hydrogens (tertiary/aromatic N) is 19. The molecule has 23 nitrogen and oxygen atoms in total. The molecule has 13 aromatic heterocycles. The molecule has 0 saturated carbocycles. The molecule has 0 radical (unpaired) electrons. The first kappa shape index (κ1) is 118. The number of para-hydroxylation sites is 4. The van der Waals surface area contributed by atoms with Crippen molar-refractivity contribution < 1.29 is 4.52 Å². The summed E-state index contributed by atoms with van der Waals surface area (Å²) in [6, 6.07) is 53.0. The number of H-pyrrole nitrogens is 3. The third kappa shape index (κ3) is 43.2. The predicted octanol–water partition coefficient (Wildman–Crippen LogP) is 29.6. The zero-order valence-electron chi connectivity index (χ0n) is 91.5. The van der Waals surface area contributed by atoms with E-state index in [4.69, 9.17) is 4.52 Å². The Balaban J connectivity index is 0.000000268. The van der Waals surface area contributed by atoms with Gasteiger partial charge in [0, 0.05) is 184 Å². The van der Waals surface area contributed by atoms with Crippen molar-refractivity contribution in [3.63, 3.8) is 0 Å². The number of thiazole rings is 2. The number of hydrogen-bond donors (Lipinski definition) is 3. The average Bonchev–Trinajstić information content (AvgIpc) is 0.857. The van der Waals surface area contributed by atoms with Crippen LogP contribution in [0.5, 0.6) is 0 Å². The molecule has 140 heavy (non-hydrogen) atoms. The molecule has 0 amide bonds. The van der Waals surface area contributed by atoms with E-state index in [2.05, 4.69) is 465 Å². The number of hydrogen-bond acceptors (Lipinski definition) is 22. The Bertz CT molecular complexity index is 5610. The Kier molecular flexibility index (Phi) is 44.1. The first-order chi connectivity index (χ1) is 64.7. The van der Waals surface area contributed by atoms with Crippen LogP contribution in [0.15, 0.2) is 261 Å². The van der Waals surface area contributed by atoms with Crippen molar-refractivity contribution in [2.24, 2.45) is 0 Å². The van der Waals surface area contributed by atoms with Crippen molar-refractivity contribution in [1.82, 2.24) is 111 Å². The van der Waals surface area contributed by atoms with Crippen LogP contribution >= 0.6 is 22.7 Å². The molecule has 0 aliphatic heterocycles. The van der Waals surface area contributed by atoms with Crippen LogP contribution in [0.3, 0.4) is 0 Å². The summed E-state index contributed by atoms with van der Waals surface area (Å²) in [7, 11) is 0. The highest BCUT2D eigenvalue weighted by Gasteiger charge is 2.25. The van der Waals surface area contributed by atoms with E-state index < -0.39 is 0 Å². The molecule has 0 atom stereocenters. The molecule has 0 saturated heterocycles. The summed E-state index contributed by atoms with van der Waals surface area (Å²) in [6.07, 6.45) is 25.8. The van der Waals surface area contributed by atoms with Crippen LogP contribution in [-0.2, 0) is 70.4 Å². The molecule has 0 aliphatic carbocycles. The summed E-state index contributed by atoms with van der Waals surface area (Å²) in [5.74, 6) is 3.67. The van der Waals surface area contributed by atoms with Gasteiger partial charge in [0.25, 0.3) is 0 Å². The lowest BCUT2D eigenvalue weighted by atomic mass is 9.88. The number of fused-ring (bicyclic) bond motifs is 4. The van der Waals surface area contributed by atoms with E-state index in [0.29, 0.717) is 0 Å². The van der Waals surface area contributed by atoms with E-state index in [1.807, 2.05) is 96.8 Å². The molecule has 0 bridgehead atoms. The Morgan fingerprint density at radius 2 is 0.829 bits per heavy atom. The molecule has 0 spiro atoms. The van der Waals surface area contributed by atoms with Gasteiger partial charge >= 0.3 is 0 Å². The Morgan fingerprint density at radius 3 is 1.23 bits per heavy atom. The van der Waals surface area contributed by atoms with Crippen molar-refractivity contribution in [2.75, 3.05) is 0 Å². The van der Waals surface area contributed by atoms with Crippen LogP contribution in [0.25, 0.3) is 42.9 Å². The summed E-state index contributed by atoms with van der Waals surface area (Å²) < 4.78 is 5.98. The largest absolute Gasteiger partial charge is 0.364 e. The monoisotopic (exact) mass is 1930 g/mol. The quantitative estimate of drug-likeness (QED) is 0.127. The normalized spacial score (nSPS) is 11.8. The first-order valence-corrected chi connectivity index (χ1v) is 49.5. The summed E-state index contributed by atoms with van der Waals surface area (Å²) >= 11 is 3.51. The number of aromatic nitrogens is 22. The molecule has 0 unspecified atom stereocenters. The smallest absolute Gasteiger partial charge is 0.156 e. The molecule has 4 aromatic carbocycles. The second-order valence-corrected chi connectivity index (χ2v) is 49.0. The molecular formula is C115H162N22OS2. The van der Waals surface area contributed by atoms with Gasteiger partial charge in [-0.3, -0.25) is 35.1 Å². The maximum Gasteiger partial charge on any atom is 0.156 e. The van der Waals surface area contributed by atoms with Gasteiger partial charge in [-0.15, -0.1) is 27.8 Å². The van der Waals surface area contributed by atoms with E-state index in [1.165, 1.54) is 48.6 Å². The molecule has 25 heteroatoms. The predicted molar refractivity (Wildman–Crippen MR) is 586 cm³/mol. The third-order valence-electron chi connectivity index (χ3n) is 20.0. The van der Waals surface area contributed by atoms with E-state index in [1.54, 1.807) is 91.0 Å². The molecule has 0 fully saturated rings. The van der Waals surface area contributed by atoms with Crippen LogP contribution in [0.2, 0.25) is 0 Å². The maximum atomic E-state index is 4.69. The Morgan fingerprint density at radius 1 is 0.286 bits per heavy atom. The number of pyridine rings is 3. The van der Waals surface area contributed by atoms with Gasteiger partial charge in [-0.2, -0.15) is 15.3 Å². The molecule has 750 valence electrons. The second kappa shape index (κ2) is 52.2. The number of imidazole rings is 1. The third-order valence-corrected chi connectivity index (χ3v) is 22.7. The van der Waals surface area contributed by atoms with Crippen LogP contribution < -0.4 is 0 Å². The van der Waals surface area contributed by atoms with E-state index in [-0.39, 0.29) is 70.4 Å². The summed E-state index contributed by atoms with van der Waals surface area (Å²) in [5.41, 5.74) is 13.8. The van der Waals surface area contributed by atoms with Crippen LogP contribution in [0.4, 0.5) is 0 Å². The lowest BCUT2D eigenvalue weighted by molar-refractivity contribution is 0.393. The Labute approximate surface area is 845 Å². The molecular weight excluding hydrogens is 1770 g/mol. The summed E-state index contributed by atoms with van der Waals surface area (Å²) in [5, 5.41) is 33.0. The van der Waals surface area contributed by atoms with Gasteiger partial charge in [0.1, 0.15) is 36.4 Å². The van der Waals surface area contributed by atoms with E-state index in [9.17, 15) is 0 Å². The van der Waals surface area contributed by atoms with Gasteiger partial charge in [0.2, 0.25) is 0 Å². The first-order valence-electron chi connectivity index (χ1n) is 47.8. The van der Waals surface area contributed by atoms with Crippen molar-refractivity contribution >= 4 is 65.6 Å². The van der Waals surface area contributed by atoms with Gasteiger partial charge in [-0.05, 0) is 78.2 Å². The minimum absolute atomic E-state index is 0.00819. The van der Waals surface area contributed by atoms with Crippen LogP contribution in [0.1, 0.15) is 343 Å². The fraction of sp³-hybridized carbons (Fsp3) is 0.452. The zero-order chi connectivity index (χ0) is 105. The molecule has 0 aliphatic rings. The van der Waals surface area contributed by atoms with Crippen LogP contribution in [0, 0.1) is 0 Å². The van der Waals surface area contributed by atoms with Crippen molar-refractivity contribution in [1.29, 1.82) is 0 Å². The highest BCUT2D eigenvalue weighted by molar-refractivity contribution is 7.18. The molecule has 17 aromatic rings. The van der Waals surface area contributed by atoms with E-state index in [0.717, 1.165) is 73.8 Å². The summed E-state index contributed by atoms with van der Waals surface area (Å²) in [4.78, 5) is 62.6. The zero-order valence-corrected chi connectivity index (χ0v) is 93.1. The Hall–Kier alpha value is -12.4. The minimum Gasteiger partial charge on any atom is -0.364 e. The number of rotatable bonds is 0. The van der Waals surface area contributed by atoms with Crippen molar-refractivity contribution in [2.45, 2.75) is 340 Å². The second-order valence-electron chi connectivity index (χ2n) is 47.1. The number of benzene rings is 4. The van der Waals surface area contributed by atoms with Crippen molar-refractivity contribution in [3.05, 3.63) is 330 Å². The van der Waals surface area contributed by atoms with E-state index >= 15 is 0 Å². The lowest BCUT2D eigenvalue weighted by Crippen LogP contribution is -2.15. The standard InChI is InChI=1S/2C13H15N.C11H14N2.C11H13NS.C9H13N.3C8H12N2.C7H11N3.C7H12N2.C7H11NO.C7H11NS.C6H11N3/c1-13(2,3)12-11-7-5-4-6-10(11)8-9-14-12;1-13(2,3)12-9-8-10-6-4-5-7-11(10)14-12;2*1-11(2,3)10-12-8-6-4-5-7-9(8)13-10;1-9(2,3)8-6-4-5-7-10-8;1-8(2,3)7-6-9-4-5-10-7;1-8(2,3)7-4-5-9-6-10-7;1-8(2,3)7-9-5-4-6-10-7;1-7(2,3)6-8-4-5-9-10-6;1-7(2,3)6-4-5-8-9-6;1-7(2,3)6-4-5-9-8-6;1-7(2,3)6-8-4-5-9-6;1-6(2,3)5-7-4-8-9-5/h2*4-9H,1-3H3;4-7H,1-3H3,(H,12,13);4-7H,1-3H3;4-7H,1-3H3;3*4-6H,1-3H3;4-5H,1-3H3;4-5H,1-3H3,(H,8,9);2*4-5H,1-3H3;4H,1-3H3,(H,7,8,9). The maximum absolute atomic E-state index is 4.69. The molecule has 17 rings (SSSR count). The summed E-state index contributed by atoms with van der Waals surface area (Å²) in [6.45, 7) is 83.5. The van der Waals surface area contributed by atoms with Crippen molar-refractivity contribution in [3.8, 4) is 0 Å². The SMILES string of the molecule is CC(C)(C)c1ccc2ccccc2n1.CC(C)(C)c1ccccn1.CC(C)(C)c1ccn[nH]1.CC(C)(C)c1ccncn1.CC(C)(C)c1ccon1.CC(C)(C)c1cnccn1.CC(C)(C)c1nc2ccccc2[nH]1.CC(C)(C)c1nc2ccccc2s1.CC(C)(C)c1nccc2ccccc12.CC(C)(C)c1ncccn1.CC(C)(C)c1nccnn1.CC(C)(C)c1nccs1.CC(C)(C)c1ncn[nH]1. The highest BCUT2D eigenvalue weighted by atomic mass is 32.1. The average molecular weight is 1930 g/mol. The topological polar surface area (TPSA) is 305 Å². The molecule has 13 heterocycles. The van der Waals surface area contributed by atoms with Crippen LogP contribution in [-0.4, -0.2) is 111 Å². The van der Waals surface area contributed by atoms with Gasteiger partial charge in [0.05, 0.1) is 60.1 Å². The number of nitrogens with one attached hydrogen (secondary N) is 3. The fourth-order valence-electron chi connectivity index (χ4n) is 11.6. The molecule has 3 N–H and O–H groups in total. The van der Waals surface area contributed by atoms with Gasteiger partial charge in [0.15, 0.2) is 5.82 Å². The van der Waals surface area contributed by atoms with Gasteiger partial charge in [-0.1, -0.05) is 354 Å². The van der Waals surface area contributed by atoms with Gasteiger partial charge in [-0.25, -0.2) is 44.9 Å². The number of aromatic amines is 3. The highest BCUT2D eigenvalue weighted by Crippen LogP contribution is 2.33. The van der Waals surface area contributed by atoms with Gasteiger partial charge < -0.3 is 9.51 Å². The lowest BCUT2D eigenvalue weighted by Gasteiger charge is -2.19.